The quantitative estimate of drug-likeness (QED) is 0.174. The topological polar surface area (TPSA) is 86.8 Å². The maximum Gasteiger partial charge on any atom is 0.417 e. The fourth-order valence-electron chi connectivity index (χ4n) is 5.04. The normalized spacial score (nSPS) is 12.4. The summed E-state index contributed by atoms with van der Waals surface area (Å²) in [5.74, 6) is -1.26. The first-order valence-electron chi connectivity index (χ1n) is 14.8. The Morgan fingerprint density at radius 3 is 2.06 bits per heavy atom. The van der Waals surface area contributed by atoms with Crippen molar-refractivity contribution in [3.8, 4) is 0 Å². The molecule has 4 rings (SSSR count). The van der Waals surface area contributed by atoms with Crippen LogP contribution in [0.4, 0.5) is 18.9 Å². The lowest BCUT2D eigenvalue weighted by molar-refractivity contribution is -0.140. The molecule has 0 saturated heterocycles. The number of hydrogen-bond donors (Lipinski definition) is 1. The molecular formula is C35H35ClF3N3O4S. The number of anilines is 1. The molecule has 0 bridgehead atoms. The number of sulfonamides is 1. The Morgan fingerprint density at radius 2 is 1.47 bits per heavy atom. The van der Waals surface area contributed by atoms with Crippen molar-refractivity contribution in [2.45, 2.75) is 56.9 Å². The summed E-state index contributed by atoms with van der Waals surface area (Å²) in [5, 5.41) is 2.24. The number of hydrogen-bond acceptors (Lipinski definition) is 4. The van der Waals surface area contributed by atoms with Gasteiger partial charge in [-0.2, -0.15) is 13.2 Å². The van der Waals surface area contributed by atoms with Crippen LogP contribution in [0.1, 0.15) is 36.1 Å². The van der Waals surface area contributed by atoms with Crippen LogP contribution in [-0.4, -0.2) is 43.8 Å². The van der Waals surface area contributed by atoms with E-state index in [4.69, 9.17) is 11.6 Å². The van der Waals surface area contributed by atoms with Crippen molar-refractivity contribution < 1.29 is 31.2 Å². The summed E-state index contributed by atoms with van der Waals surface area (Å²) in [6, 6.07) is 24.7. The minimum absolute atomic E-state index is 0.0673. The SMILES string of the molecule is Cc1ccccc1CN(C(=O)CN(c1ccc(Cl)c(C(F)(F)F)c1)S(=O)(=O)c1ccccc1)C(Cc1ccccc1)C(=O)NC(C)C. The third-order valence-corrected chi connectivity index (χ3v) is 9.58. The Balaban J connectivity index is 1.87. The second-order valence-electron chi connectivity index (χ2n) is 11.3. The van der Waals surface area contributed by atoms with E-state index in [1.54, 1.807) is 44.2 Å². The zero-order chi connectivity index (χ0) is 34.4. The molecule has 0 spiro atoms. The highest BCUT2D eigenvalue weighted by Crippen LogP contribution is 2.38. The molecule has 47 heavy (non-hydrogen) atoms. The van der Waals surface area contributed by atoms with Gasteiger partial charge < -0.3 is 10.2 Å². The lowest BCUT2D eigenvalue weighted by Gasteiger charge is -2.34. The number of rotatable bonds is 12. The fraction of sp³-hybridized carbons (Fsp3) is 0.257. The average molecular weight is 686 g/mol. The molecular weight excluding hydrogens is 651 g/mol. The molecule has 0 aliphatic heterocycles. The summed E-state index contributed by atoms with van der Waals surface area (Å²) in [7, 11) is -4.59. The van der Waals surface area contributed by atoms with E-state index < -0.39 is 56.9 Å². The zero-order valence-electron chi connectivity index (χ0n) is 26.0. The molecule has 2 amide bonds. The van der Waals surface area contributed by atoms with Crippen molar-refractivity contribution in [1.82, 2.24) is 10.2 Å². The third-order valence-electron chi connectivity index (χ3n) is 7.46. The molecule has 1 unspecified atom stereocenters. The highest BCUT2D eigenvalue weighted by Gasteiger charge is 2.37. The van der Waals surface area contributed by atoms with E-state index in [1.165, 1.54) is 29.2 Å². The Labute approximate surface area is 278 Å². The maximum absolute atomic E-state index is 14.5. The first kappa shape index (κ1) is 35.5. The van der Waals surface area contributed by atoms with Crippen molar-refractivity contribution in [3.05, 3.63) is 130 Å². The van der Waals surface area contributed by atoms with E-state index in [0.717, 1.165) is 23.3 Å². The number of amides is 2. The van der Waals surface area contributed by atoms with E-state index >= 15 is 0 Å². The number of aryl methyl sites for hydroxylation is 1. The molecule has 0 saturated carbocycles. The first-order valence-corrected chi connectivity index (χ1v) is 16.6. The minimum Gasteiger partial charge on any atom is -0.352 e. The molecule has 12 heteroatoms. The first-order chi connectivity index (χ1) is 22.2. The molecule has 0 radical (unpaired) electrons. The smallest absolute Gasteiger partial charge is 0.352 e. The minimum atomic E-state index is -4.90. The maximum atomic E-state index is 14.5. The molecule has 0 aliphatic carbocycles. The van der Waals surface area contributed by atoms with Crippen molar-refractivity contribution in [2.24, 2.45) is 0 Å². The van der Waals surface area contributed by atoms with Gasteiger partial charge in [0.1, 0.15) is 12.6 Å². The number of nitrogens with zero attached hydrogens (tertiary/aromatic N) is 2. The van der Waals surface area contributed by atoms with E-state index in [-0.39, 0.29) is 23.9 Å². The van der Waals surface area contributed by atoms with Crippen molar-refractivity contribution in [1.29, 1.82) is 0 Å². The van der Waals surface area contributed by atoms with Crippen LogP contribution in [0.3, 0.4) is 0 Å². The van der Waals surface area contributed by atoms with Crippen LogP contribution in [0.2, 0.25) is 5.02 Å². The predicted molar refractivity (Wildman–Crippen MR) is 176 cm³/mol. The zero-order valence-corrected chi connectivity index (χ0v) is 27.6. The summed E-state index contributed by atoms with van der Waals surface area (Å²) in [6.45, 7) is 4.43. The molecule has 4 aromatic rings. The highest BCUT2D eigenvalue weighted by atomic mass is 35.5. The third kappa shape index (κ3) is 8.93. The molecule has 0 fully saturated rings. The Kier molecular flexibility index (Phi) is 11.4. The molecule has 0 heterocycles. The van der Waals surface area contributed by atoms with Crippen molar-refractivity contribution in [2.75, 3.05) is 10.8 Å². The van der Waals surface area contributed by atoms with Gasteiger partial charge in [-0.15, -0.1) is 0 Å². The molecule has 7 nitrogen and oxygen atoms in total. The monoisotopic (exact) mass is 685 g/mol. The van der Waals surface area contributed by atoms with E-state index in [0.29, 0.717) is 15.9 Å². The van der Waals surface area contributed by atoms with Crippen molar-refractivity contribution in [3.63, 3.8) is 0 Å². The summed E-state index contributed by atoms with van der Waals surface area (Å²) < 4.78 is 70.5. The van der Waals surface area contributed by atoms with Gasteiger partial charge >= 0.3 is 6.18 Å². The Morgan fingerprint density at radius 1 is 0.872 bits per heavy atom. The Hall–Kier alpha value is -4.35. The number of nitrogens with one attached hydrogen (secondary N) is 1. The van der Waals surface area contributed by atoms with Crippen LogP contribution in [-0.2, 0) is 38.8 Å². The molecule has 0 aliphatic rings. The van der Waals surface area contributed by atoms with Gasteiger partial charge in [-0.1, -0.05) is 84.4 Å². The largest absolute Gasteiger partial charge is 0.417 e. The van der Waals surface area contributed by atoms with Crippen molar-refractivity contribution >= 4 is 39.1 Å². The van der Waals surface area contributed by atoms with E-state index in [9.17, 15) is 31.2 Å². The predicted octanol–water partition coefficient (Wildman–Crippen LogP) is 7.03. The number of halogens is 4. The molecule has 0 aromatic heterocycles. The lowest BCUT2D eigenvalue weighted by atomic mass is 10.0. The second kappa shape index (κ2) is 15.0. The van der Waals surface area contributed by atoms with Gasteiger partial charge in [-0.25, -0.2) is 8.42 Å². The van der Waals surface area contributed by atoms with Gasteiger partial charge in [-0.05, 0) is 67.8 Å². The molecule has 1 N–H and O–H groups in total. The van der Waals surface area contributed by atoms with Crippen LogP contribution < -0.4 is 9.62 Å². The van der Waals surface area contributed by atoms with Crippen LogP contribution in [0.25, 0.3) is 0 Å². The summed E-state index contributed by atoms with van der Waals surface area (Å²) >= 11 is 5.87. The van der Waals surface area contributed by atoms with Gasteiger partial charge in [-0.3, -0.25) is 13.9 Å². The van der Waals surface area contributed by atoms with Gasteiger partial charge in [0, 0.05) is 19.0 Å². The molecule has 4 aromatic carbocycles. The van der Waals surface area contributed by atoms with E-state index in [1.807, 2.05) is 37.3 Å². The summed E-state index contributed by atoms with van der Waals surface area (Å²) in [5.41, 5.74) is 0.614. The number of carbonyl (C=O) groups excluding carboxylic acids is 2. The van der Waals surface area contributed by atoms with Gasteiger partial charge in [0.05, 0.1) is 21.2 Å². The number of carbonyl (C=O) groups is 2. The summed E-state index contributed by atoms with van der Waals surface area (Å²) in [6.07, 6.45) is -4.80. The van der Waals surface area contributed by atoms with Gasteiger partial charge in [0.25, 0.3) is 10.0 Å². The van der Waals surface area contributed by atoms with Crippen LogP contribution in [0.5, 0.6) is 0 Å². The van der Waals surface area contributed by atoms with E-state index in [2.05, 4.69) is 5.32 Å². The number of benzene rings is 4. The van der Waals surface area contributed by atoms with Crippen LogP contribution >= 0.6 is 11.6 Å². The summed E-state index contributed by atoms with van der Waals surface area (Å²) in [4.78, 5) is 29.3. The standard InChI is InChI=1S/C35H35ClF3N3O4S/c1-24(2)40-34(44)32(20-26-13-6-4-7-14-26)41(22-27-15-11-10-12-25(27)3)33(43)23-42(47(45,46)29-16-8-5-9-17-29)28-18-19-31(36)30(21-28)35(37,38)39/h4-19,21,24,32H,20,22-23H2,1-3H3,(H,40,44). The van der Waals surface area contributed by atoms with Crippen LogP contribution in [0, 0.1) is 6.92 Å². The molecule has 1 atom stereocenters. The Bertz CT molecular complexity index is 1800. The molecule has 248 valence electrons. The van der Waals surface area contributed by atoms with Gasteiger partial charge in [0.2, 0.25) is 11.8 Å². The van der Waals surface area contributed by atoms with Gasteiger partial charge in [0.15, 0.2) is 0 Å². The fourth-order valence-corrected chi connectivity index (χ4v) is 6.69. The second-order valence-corrected chi connectivity index (χ2v) is 13.6. The average Bonchev–Trinajstić information content (AvgIpc) is 3.02. The van der Waals surface area contributed by atoms with Crippen LogP contribution in [0.15, 0.2) is 108 Å². The highest BCUT2D eigenvalue weighted by molar-refractivity contribution is 7.92. The lowest BCUT2D eigenvalue weighted by Crippen LogP contribution is -2.54. The number of alkyl halides is 3.